The maximum atomic E-state index is 5.41. The van der Waals surface area contributed by atoms with E-state index in [1.165, 1.54) is 32.1 Å². The van der Waals surface area contributed by atoms with E-state index in [1.54, 1.807) is 12.7 Å². The molecule has 2 rings (SSSR count). The van der Waals surface area contributed by atoms with E-state index < -0.39 is 0 Å². The molecule has 21 heavy (non-hydrogen) atoms. The van der Waals surface area contributed by atoms with Gasteiger partial charge in [-0.3, -0.25) is 0 Å². The molecule has 1 saturated carbocycles. The molecule has 3 heteroatoms. The smallest absolute Gasteiger partial charge is 0.236 e. The van der Waals surface area contributed by atoms with Gasteiger partial charge in [0.15, 0.2) is 0 Å². The van der Waals surface area contributed by atoms with Crippen LogP contribution in [0.3, 0.4) is 0 Å². The number of hydrogen-bond acceptors (Lipinski definition) is 3. The van der Waals surface area contributed by atoms with Crippen molar-refractivity contribution in [3.63, 3.8) is 0 Å². The van der Waals surface area contributed by atoms with Crippen molar-refractivity contribution >= 4 is 6.21 Å². The fourth-order valence-electron chi connectivity index (χ4n) is 3.64. The molecule has 1 atom stereocenters. The number of ether oxygens (including phenoxy) is 1. The minimum Gasteiger partial charge on any atom is -0.480 e. The number of aliphatic imine (C=N–C) groups is 1. The lowest BCUT2D eigenvalue weighted by atomic mass is 9.74. The van der Waals surface area contributed by atoms with Crippen molar-refractivity contribution in [2.75, 3.05) is 14.2 Å². The van der Waals surface area contributed by atoms with Crippen molar-refractivity contribution < 1.29 is 4.74 Å². The van der Waals surface area contributed by atoms with Crippen molar-refractivity contribution in [2.24, 2.45) is 22.7 Å². The number of rotatable bonds is 4. The minimum absolute atomic E-state index is 0.568. The van der Waals surface area contributed by atoms with E-state index in [0.29, 0.717) is 11.8 Å². The molecule has 0 radical (unpaired) electrons. The lowest BCUT2D eigenvalue weighted by Crippen LogP contribution is -2.21. The molecule has 0 aromatic rings. The number of allylic oxidation sites excluding steroid dienone is 2. The summed E-state index contributed by atoms with van der Waals surface area (Å²) in [6.07, 6.45) is 12.1. The molecule has 3 nitrogen and oxygen atoms in total. The van der Waals surface area contributed by atoms with Crippen molar-refractivity contribution in [3.8, 4) is 0 Å². The van der Waals surface area contributed by atoms with E-state index in [9.17, 15) is 0 Å². The molecule has 2 aliphatic rings. The number of hydrogen-bond donors (Lipinski definition) is 1. The summed E-state index contributed by atoms with van der Waals surface area (Å²) in [6.45, 7) is 4.65. The highest BCUT2D eigenvalue weighted by Gasteiger charge is 2.26. The molecular weight excluding hydrogens is 260 g/mol. The van der Waals surface area contributed by atoms with Gasteiger partial charge in [-0.15, -0.1) is 0 Å². The van der Waals surface area contributed by atoms with Crippen LogP contribution in [0.5, 0.6) is 0 Å². The first-order valence-electron chi connectivity index (χ1n) is 8.39. The average Bonchev–Trinajstić information content (AvgIpc) is 2.51. The highest BCUT2D eigenvalue weighted by atomic mass is 16.5. The Kier molecular flexibility index (Phi) is 5.89. The van der Waals surface area contributed by atoms with Gasteiger partial charge in [0, 0.05) is 13.3 Å². The largest absolute Gasteiger partial charge is 0.480 e. The highest BCUT2D eigenvalue weighted by molar-refractivity contribution is 5.61. The Balaban J connectivity index is 2.23. The first-order chi connectivity index (χ1) is 10.2. The van der Waals surface area contributed by atoms with Gasteiger partial charge in [-0.25, -0.2) is 4.99 Å². The number of likely N-dealkylation sites (N-methyl/N-ethyl adjacent to an activating group) is 1. The lowest BCUT2D eigenvalue weighted by molar-refractivity contribution is 0.277. The molecule has 0 bridgehead atoms. The zero-order valence-corrected chi connectivity index (χ0v) is 14.0. The molecular formula is C18H30N2O. The second-order valence-corrected chi connectivity index (χ2v) is 6.39. The summed E-state index contributed by atoms with van der Waals surface area (Å²) in [7, 11) is 3.63. The molecule has 0 saturated heterocycles. The van der Waals surface area contributed by atoms with Gasteiger partial charge in [0.25, 0.3) is 0 Å². The highest BCUT2D eigenvalue weighted by Crippen LogP contribution is 2.38. The third-order valence-corrected chi connectivity index (χ3v) is 5.14. The van der Waals surface area contributed by atoms with Crippen molar-refractivity contribution in [1.29, 1.82) is 0 Å². The summed E-state index contributed by atoms with van der Waals surface area (Å²) in [5, 5.41) is 3.25. The van der Waals surface area contributed by atoms with E-state index in [0.717, 1.165) is 24.0 Å². The molecule has 1 fully saturated rings. The van der Waals surface area contributed by atoms with E-state index in [2.05, 4.69) is 30.2 Å². The maximum Gasteiger partial charge on any atom is 0.236 e. The summed E-state index contributed by atoms with van der Waals surface area (Å²) in [5.41, 5.74) is 2.59. The molecule has 1 aliphatic carbocycles. The Bertz CT molecular complexity index is 428. The topological polar surface area (TPSA) is 33.6 Å². The predicted octanol–water partition coefficient (Wildman–Crippen LogP) is 4.27. The van der Waals surface area contributed by atoms with Crippen molar-refractivity contribution in [3.05, 3.63) is 23.2 Å². The second kappa shape index (κ2) is 7.67. The maximum absolute atomic E-state index is 5.41. The molecule has 0 aromatic heterocycles. The zero-order chi connectivity index (χ0) is 15.2. The standard InChI is InChI=1S/C18H30N2O/c1-5-14-6-8-15(9-7-14)16-12-17(19-3)18(21-4)20-11-10-13(16)2/h11-15,19H,5-10H2,1-4H3/b16-12+,18-17-,20-11?. The van der Waals surface area contributed by atoms with Gasteiger partial charge in [-0.1, -0.05) is 25.8 Å². The quantitative estimate of drug-likeness (QED) is 0.838. The second-order valence-electron chi connectivity index (χ2n) is 6.39. The third-order valence-electron chi connectivity index (χ3n) is 5.14. The Labute approximate surface area is 129 Å². The van der Waals surface area contributed by atoms with Gasteiger partial charge >= 0.3 is 0 Å². The van der Waals surface area contributed by atoms with Crippen LogP contribution in [0.1, 0.15) is 52.4 Å². The number of methoxy groups -OCH3 is 1. The first-order valence-corrected chi connectivity index (χ1v) is 8.39. The lowest BCUT2D eigenvalue weighted by Gasteiger charge is -2.32. The van der Waals surface area contributed by atoms with Gasteiger partial charge in [-0.05, 0) is 55.9 Å². The van der Waals surface area contributed by atoms with Crippen LogP contribution in [-0.2, 0) is 4.74 Å². The molecule has 0 aromatic carbocycles. The molecule has 0 amide bonds. The Morgan fingerprint density at radius 2 is 2.00 bits per heavy atom. The summed E-state index contributed by atoms with van der Waals surface area (Å²) in [6, 6.07) is 0. The van der Waals surface area contributed by atoms with Crippen LogP contribution in [0.2, 0.25) is 0 Å². The SMILES string of the molecule is CCC1CCC(/C2=C/C(NC)=C(/OC)N=CCC2C)CC1. The van der Waals surface area contributed by atoms with E-state index in [4.69, 9.17) is 4.74 Å². The zero-order valence-electron chi connectivity index (χ0n) is 14.0. The Hall–Kier alpha value is -1.25. The van der Waals surface area contributed by atoms with Gasteiger partial charge < -0.3 is 10.1 Å². The van der Waals surface area contributed by atoms with Crippen LogP contribution in [0.4, 0.5) is 0 Å². The van der Waals surface area contributed by atoms with E-state index in [-0.39, 0.29) is 0 Å². The summed E-state index contributed by atoms with van der Waals surface area (Å²) in [5.74, 6) is 2.94. The Morgan fingerprint density at radius 3 is 2.57 bits per heavy atom. The van der Waals surface area contributed by atoms with Gasteiger partial charge in [0.1, 0.15) is 0 Å². The Morgan fingerprint density at radius 1 is 1.29 bits per heavy atom. The average molecular weight is 290 g/mol. The molecule has 1 heterocycles. The van der Waals surface area contributed by atoms with Gasteiger partial charge in [0.2, 0.25) is 5.88 Å². The predicted molar refractivity (Wildman–Crippen MR) is 89.2 cm³/mol. The molecule has 1 N–H and O–H groups in total. The van der Waals surface area contributed by atoms with Crippen LogP contribution in [0, 0.1) is 17.8 Å². The summed E-state index contributed by atoms with van der Waals surface area (Å²) < 4.78 is 5.41. The van der Waals surface area contributed by atoms with Crippen LogP contribution < -0.4 is 5.32 Å². The van der Waals surface area contributed by atoms with Gasteiger partial charge in [-0.2, -0.15) is 0 Å². The summed E-state index contributed by atoms with van der Waals surface area (Å²) >= 11 is 0. The molecule has 0 spiro atoms. The van der Waals surface area contributed by atoms with E-state index in [1.807, 2.05) is 13.3 Å². The fourth-order valence-corrected chi connectivity index (χ4v) is 3.64. The number of nitrogens with one attached hydrogen (secondary N) is 1. The first kappa shape index (κ1) is 16.1. The van der Waals surface area contributed by atoms with E-state index >= 15 is 0 Å². The van der Waals surface area contributed by atoms with Crippen molar-refractivity contribution in [1.82, 2.24) is 5.32 Å². The third kappa shape index (κ3) is 3.90. The monoisotopic (exact) mass is 290 g/mol. The molecule has 118 valence electrons. The number of nitrogens with zero attached hydrogens (tertiary/aromatic N) is 1. The molecule has 1 aliphatic heterocycles. The molecule has 1 unspecified atom stereocenters. The van der Waals surface area contributed by atoms with Crippen LogP contribution >= 0.6 is 0 Å². The summed E-state index contributed by atoms with van der Waals surface area (Å²) in [4.78, 5) is 4.43. The van der Waals surface area contributed by atoms with Gasteiger partial charge in [0.05, 0.1) is 12.8 Å². The minimum atomic E-state index is 0.568. The van der Waals surface area contributed by atoms with Crippen LogP contribution in [0.25, 0.3) is 0 Å². The normalized spacial score (nSPS) is 36.4. The van der Waals surface area contributed by atoms with Crippen molar-refractivity contribution in [2.45, 2.75) is 52.4 Å². The fraction of sp³-hybridized carbons (Fsp3) is 0.722. The van der Waals surface area contributed by atoms with Crippen LogP contribution in [0.15, 0.2) is 28.2 Å². The van der Waals surface area contributed by atoms with Crippen LogP contribution in [-0.4, -0.2) is 20.4 Å².